The van der Waals surface area contributed by atoms with Crippen molar-refractivity contribution in [2.24, 2.45) is 12.5 Å². The van der Waals surface area contributed by atoms with E-state index in [1.807, 2.05) is 0 Å². The fourth-order valence-electron chi connectivity index (χ4n) is 1.13. The number of hydrogen-bond donors (Lipinski definition) is 1. The Hall–Kier alpha value is -1.30. The fraction of sp³-hybridized carbons (Fsp3) is 0.778. The van der Waals surface area contributed by atoms with Crippen LogP contribution in [-0.2, 0) is 18.3 Å². The second-order valence-electron chi connectivity index (χ2n) is 4.61. The van der Waals surface area contributed by atoms with Gasteiger partial charge < -0.3 is 5.11 Å². The number of hydrogen-bond acceptors (Lipinski definition) is 5. The minimum atomic E-state index is -0.999. The first-order valence-corrected chi connectivity index (χ1v) is 4.74. The van der Waals surface area contributed by atoms with E-state index >= 15 is 0 Å². The summed E-state index contributed by atoms with van der Waals surface area (Å²) in [6, 6.07) is 0. The summed E-state index contributed by atoms with van der Waals surface area (Å²) < 4.78 is 0. The third-order valence-corrected chi connectivity index (χ3v) is 2.01. The predicted molar refractivity (Wildman–Crippen MR) is 53.0 cm³/mol. The van der Waals surface area contributed by atoms with Gasteiger partial charge in [0.25, 0.3) is 0 Å². The maximum atomic E-state index is 11.6. The van der Waals surface area contributed by atoms with Crippen LogP contribution in [0.2, 0.25) is 0 Å². The molecule has 1 aromatic rings. The van der Waals surface area contributed by atoms with Crippen LogP contribution < -0.4 is 0 Å². The molecule has 1 heterocycles. The summed E-state index contributed by atoms with van der Waals surface area (Å²) in [5.41, 5.74) is -0.459. The highest BCUT2D eigenvalue weighted by Crippen LogP contribution is 2.20. The molecule has 0 spiro atoms. The summed E-state index contributed by atoms with van der Waals surface area (Å²) in [5.74, 6) is 0.0568. The summed E-state index contributed by atoms with van der Waals surface area (Å²) >= 11 is 0. The highest BCUT2D eigenvalue weighted by atomic mass is 16.3. The van der Waals surface area contributed by atoms with Gasteiger partial charge in [0.15, 0.2) is 11.6 Å². The molecule has 0 aliphatic rings. The minimum Gasteiger partial charge on any atom is -0.385 e. The van der Waals surface area contributed by atoms with Gasteiger partial charge in [0.05, 0.1) is 13.5 Å². The highest BCUT2D eigenvalue weighted by molar-refractivity contribution is 5.84. The lowest BCUT2D eigenvalue weighted by atomic mass is 9.86. The van der Waals surface area contributed by atoms with Crippen molar-refractivity contribution in [1.82, 2.24) is 20.2 Å². The number of rotatable bonds is 3. The first-order chi connectivity index (χ1) is 6.80. The lowest BCUT2D eigenvalue weighted by Gasteiger charge is -2.23. The zero-order chi connectivity index (χ0) is 11.6. The lowest BCUT2D eigenvalue weighted by molar-refractivity contribution is -0.131. The lowest BCUT2D eigenvalue weighted by Crippen LogP contribution is -2.35. The number of carbonyl (C=O) groups is 1. The van der Waals surface area contributed by atoms with E-state index < -0.39 is 11.5 Å². The molecule has 84 valence electrons. The topological polar surface area (TPSA) is 80.9 Å². The van der Waals surface area contributed by atoms with Gasteiger partial charge in [0.2, 0.25) is 0 Å². The Morgan fingerprint density at radius 1 is 1.53 bits per heavy atom. The number of nitrogens with zero attached hydrogens (tertiary/aromatic N) is 4. The van der Waals surface area contributed by atoms with Crippen LogP contribution in [0.15, 0.2) is 0 Å². The molecule has 6 heteroatoms. The molecule has 1 N–H and O–H groups in total. The predicted octanol–water partition coefficient (Wildman–Crippen LogP) is -0.271. The summed E-state index contributed by atoms with van der Waals surface area (Å²) in [6.07, 6.45) is -0.979. The third kappa shape index (κ3) is 3.09. The van der Waals surface area contributed by atoms with Crippen LogP contribution >= 0.6 is 0 Å². The molecule has 15 heavy (non-hydrogen) atoms. The van der Waals surface area contributed by atoms with Crippen LogP contribution in [0.3, 0.4) is 0 Å². The van der Waals surface area contributed by atoms with E-state index in [-0.39, 0.29) is 12.2 Å². The third-order valence-electron chi connectivity index (χ3n) is 2.01. The molecule has 0 aliphatic carbocycles. The van der Waals surface area contributed by atoms with Crippen LogP contribution in [0.1, 0.15) is 26.6 Å². The number of aromatic nitrogens is 4. The van der Waals surface area contributed by atoms with Crippen molar-refractivity contribution in [3.05, 3.63) is 5.82 Å². The van der Waals surface area contributed by atoms with E-state index in [9.17, 15) is 9.90 Å². The Morgan fingerprint density at radius 3 is 2.53 bits per heavy atom. The van der Waals surface area contributed by atoms with Gasteiger partial charge in [0, 0.05) is 0 Å². The van der Waals surface area contributed by atoms with Crippen LogP contribution in [0.4, 0.5) is 0 Å². The first-order valence-electron chi connectivity index (χ1n) is 4.74. The molecule has 0 saturated carbocycles. The number of aliphatic hydroxyl groups is 1. The number of Topliss-reactive ketones (excluding diaryl/α,β-unsaturated/α-hetero) is 1. The summed E-state index contributed by atoms with van der Waals surface area (Å²) in [7, 11) is 1.63. The molecule has 1 atom stereocenters. The molecule has 0 aliphatic heterocycles. The number of ketones is 1. The zero-order valence-corrected chi connectivity index (χ0v) is 9.43. The Kier molecular flexibility index (Phi) is 3.18. The molecule has 1 aromatic heterocycles. The number of tetrazole rings is 1. The van der Waals surface area contributed by atoms with Gasteiger partial charge in [-0.15, -0.1) is 10.2 Å². The second kappa shape index (κ2) is 4.06. The molecule has 0 bridgehead atoms. The molecule has 1 unspecified atom stereocenters. The van der Waals surface area contributed by atoms with E-state index in [1.165, 1.54) is 4.80 Å². The average Bonchev–Trinajstić information content (AvgIpc) is 2.48. The molecule has 0 saturated heterocycles. The van der Waals surface area contributed by atoms with Crippen molar-refractivity contribution in [3.8, 4) is 0 Å². The summed E-state index contributed by atoms with van der Waals surface area (Å²) in [5, 5.41) is 20.9. The Morgan fingerprint density at radius 2 is 2.13 bits per heavy atom. The number of aliphatic hydroxyl groups excluding tert-OH is 1. The SMILES string of the molecule is Cn1nnc(CC(=O)C(O)C(C)(C)C)n1. The second-order valence-corrected chi connectivity index (χ2v) is 4.61. The molecule has 0 aromatic carbocycles. The minimum absolute atomic E-state index is 0.0201. The number of aryl methyl sites for hydroxylation is 1. The van der Waals surface area contributed by atoms with Crippen LogP contribution in [0.25, 0.3) is 0 Å². The van der Waals surface area contributed by atoms with Gasteiger partial charge in [-0.3, -0.25) is 4.79 Å². The van der Waals surface area contributed by atoms with Crippen LogP contribution in [0.5, 0.6) is 0 Å². The van der Waals surface area contributed by atoms with Gasteiger partial charge >= 0.3 is 0 Å². The Balaban J connectivity index is 2.64. The monoisotopic (exact) mass is 212 g/mol. The Labute approximate surface area is 88.3 Å². The standard InChI is InChI=1S/C9H16N4O2/c1-9(2,3)8(15)6(14)5-7-10-12-13(4)11-7/h8,15H,5H2,1-4H3. The van der Waals surface area contributed by atoms with Crippen molar-refractivity contribution < 1.29 is 9.90 Å². The molecule has 0 amide bonds. The van der Waals surface area contributed by atoms with Crippen molar-refractivity contribution in [2.75, 3.05) is 0 Å². The van der Waals surface area contributed by atoms with E-state index in [1.54, 1.807) is 27.8 Å². The normalized spacial score (nSPS) is 13.9. The maximum Gasteiger partial charge on any atom is 0.182 e. The van der Waals surface area contributed by atoms with Crippen molar-refractivity contribution in [1.29, 1.82) is 0 Å². The first kappa shape index (κ1) is 11.8. The fourth-order valence-corrected chi connectivity index (χ4v) is 1.13. The molecule has 0 fully saturated rings. The maximum absolute atomic E-state index is 11.6. The van der Waals surface area contributed by atoms with Gasteiger partial charge in [0.1, 0.15) is 6.10 Å². The van der Waals surface area contributed by atoms with E-state index in [0.717, 1.165) is 0 Å². The quantitative estimate of drug-likeness (QED) is 0.745. The highest BCUT2D eigenvalue weighted by Gasteiger charge is 2.29. The molecule has 0 radical (unpaired) electrons. The van der Waals surface area contributed by atoms with E-state index in [4.69, 9.17) is 0 Å². The van der Waals surface area contributed by atoms with Gasteiger partial charge in [-0.2, -0.15) is 4.80 Å². The van der Waals surface area contributed by atoms with E-state index in [0.29, 0.717) is 5.82 Å². The smallest absolute Gasteiger partial charge is 0.182 e. The van der Waals surface area contributed by atoms with E-state index in [2.05, 4.69) is 15.4 Å². The van der Waals surface area contributed by atoms with Crippen molar-refractivity contribution >= 4 is 5.78 Å². The Bertz CT molecular complexity index is 353. The van der Waals surface area contributed by atoms with Gasteiger partial charge in [-0.05, 0) is 10.6 Å². The summed E-state index contributed by atoms with van der Waals surface area (Å²) in [6.45, 7) is 5.42. The summed E-state index contributed by atoms with van der Waals surface area (Å²) in [4.78, 5) is 12.9. The zero-order valence-electron chi connectivity index (χ0n) is 9.43. The molecular formula is C9H16N4O2. The van der Waals surface area contributed by atoms with Crippen LogP contribution in [-0.4, -0.2) is 37.2 Å². The largest absolute Gasteiger partial charge is 0.385 e. The van der Waals surface area contributed by atoms with Crippen LogP contribution in [0, 0.1) is 5.41 Å². The van der Waals surface area contributed by atoms with Crippen molar-refractivity contribution in [2.45, 2.75) is 33.3 Å². The van der Waals surface area contributed by atoms with Gasteiger partial charge in [-0.25, -0.2) is 0 Å². The molecule has 1 rings (SSSR count). The van der Waals surface area contributed by atoms with Crippen molar-refractivity contribution in [3.63, 3.8) is 0 Å². The molecule has 6 nitrogen and oxygen atoms in total. The number of carbonyl (C=O) groups excluding carboxylic acids is 1. The van der Waals surface area contributed by atoms with Gasteiger partial charge in [-0.1, -0.05) is 20.8 Å². The molecular weight excluding hydrogens is 196 g/mol. The average molecular weight is 212 g/mol.